The zero-order valence-corrected chi connectivity index (χ0v) is 18.7. The minimum atomic E-state index is 0. The summed E-state index contributed by atoms with van der Waals surface area (Å²) in [6.45, 7) is 4.17. The highest BCUT2D eigenvalue weighted by Gasteiger charge is 2.25. The van der Waals surface area contributed by atoms with E-state index in [0.717, 1.165) is 40.2 Å². The quantitative estimate of drug-likeness (QED) is 0.357. The Bertz CT molecular complexity index is 1290. The summed E-state index contributed by atoms with van der Waals surface area (Å²) in [7, 11) is 0. The van der Waals surface area contributed by atoms with Crippen LogP contribution in [0, 0.1) is 11.3 Å². The van der Waals surface area contributed by atoms with Crippen molar-refractivity contribution in [3.05, 3.63) is 66.1 Å². The third-order valence-electron chi connectivity index (χ3n) is 5.65. The van der Waals surface area contributed by atoms with Crippen molar-refractivity contribution in [2.45, 2.75) is 32.2 Å². The van der Waals surface area contributed by atoms with Crippen molar-refractivity contribution in [1.82, 2.24) is 19.5 Å². The average molecular weight is 446 g/mol. The predicted octanol–water partition coefficient (Wildman–Crippen LogP) is 5.37. The second-order valence-corrected chi connectivity index (χ2v) is 7.83. The van der Waals surface area contributed by atoms with Crippen LogP contribution in [0.2, 0.25) is 0 Å². The second-order valence-electron chi connectivity index (χ2n) is 7.83. The molecule has 5 rings (SSSR count). The van der Waals surface area contributed by atoms with Crippen LogP contribution in [-0.2, 0) is 11.3 Å². The lowest BCUT2D eigenvalue weighted by Crippen LogP contribution is -2.04. The first-order valence-electron chi connectivity index (χ1n) is 10.7. The molecule has 32 heavy (non-hydrogen) atoms. The van der Waals surface area contributed by atoms with E-state index in [1.807, 2.05) is 13.3 Å². The fourth-order valence-corrected chi connectivity index (χ4v) is 3.83. The summed E-state index contributed by atoms with van der Waals surface area (Å²) >= 11 is 0. The molecule has 7 heteroatoms. The van der Waals surface area contributed by atoms with Crippen LogP contribution >= 0.6 is 12.4 Å². The first-order valence-corrected chi connectivity index (χ1v) is 10.7. The monoisotopic (exact) mass is 445 g/mol. The Morgan fingerprint density at radius 1 is 1.06 bits per heavy atom. The van der Waals surface area contributed by atoms with Crippen molar-refractivity contribution in [2.24, 2.45) is 0 Å². The van der Waals surface area contributed by atoms with E-state index in [9.17, 15) is 5.26 Å². The van der Waals surface area contributed by atoms with Crippen molar-refractivity contribution in [3.8, 4) is 28.7 Å². The van der Waals surface area contributed by atoms with E-state index in [-0.39, 0.29) is 12.4 Å². The van der Waals surface area contributed by atoms with E-state index < -0.39 is 0 Å². The van der Waals surface area contributed by atoms with Crippen LogP contribution in [0.1, 0.15) is 36.8 Å². The molecule has 1 fully saturated rings. The standard InChI is InChI=1S/C25H23N5O.ClH/c1-2-31-10-9-30-16-28-24-12-19(5-6-25(24)30)21-13-20(18-3-4-18)14-23(29-21)22-11-17(15-26)7-8-27-22;/h5-8,11-14,16,18H,2-4,9-10H2,1H3;1H. The van der Waals surface area contributed by atoms with Crippen LogP contribution in [0.25, 0.3) is 33.7 Å². The molecule has 0 radical (unpaired) electrons. The summed E-state index contributed by atoms with van der Waals surface area (Å²) in [5, 5.41) is 9.25. The Hall–Kier alpha value is -3.27. The van der Waals surface area contributed by atoms with Crippen molar-refractivity contribution in [1.29, 1.82) is 5.26 Å². The number of aromatic nitrogens is 4. The van der Waals surface area contributed by atoms with E-state index in [1.54, 1.807) is 18.3 Å². The van der Waals surface area contributed by atoms with Crippen LogP contribution in [0.3, 0.4) is 0 Å². The van der Waals surface area contributed by atoms with Crippen LogP contribution < -0.4 is 0 Å². The number of nitrogens with zero attached hydrogens (tertiary/aromatic N) is 5. The Morgan fingerprint density at radius 3 is 2.69 bits per heavy atom. The van der Waals surface area contributed by atoms with Crippen LogP contribution in [0.15, 0.2) is 55.0 Å². The van der Waals surface area contributed by atoms with Gasteiger partial charge in [-0.25, -0.2) is 9.97 Å². The predicted molar refractivity (Wildman–Crippen MR) is 127 cm³/mol. The molecule has 0 atom stereocenters. The lowest BCUT2D eigenvalue weighted by molar-refractivity contribution is 0.140. The highest BCUT2D eigenvalue weighted by atomic mass is 35.5. The molecule has 4 aromatic rings. The maximum atomic E-state index is 9.25. The largest absolute Gasteiger partial charge is 0.380 e. The van der Waals surface area contributed by atoms with Gasteiger partial charge in [0.2, 0.25) is 0 Å². The minimum Gasteiger partial charge on any atom is -0.380 e. The Labute approximate surface area is 193 Å². The van der Waals surface area contributed by atoms with Gasteiger partial charge in [0.25, 0.3) is 0 Å². The van der Waals surface area contributed by atoms with Gasteiger partial charge in [-0.05, 0) is 67.6 Å². The second kappa shape index (κ2) is 9.47. The molecule has 0 spiro atoms. The number of nitriles is 1. The van der Waals surface area contributed by atoms with Gasteiger partial charge in [-0.3, -0.25) is 4.98 Å². The average Bonchev–Trinajstić information content (AvgIpc) is 3.60. The first-order chi connectivity index (χ1) is 15.2. The Kier molecular flexibility index (Phi) is 6.50. The molecular weight excluding hydrogens is 422 g/mol. The van der Waals surface area contributed by atoms with E-state index >= 15 is 0 Å². The van der Waals surface area contributed by atoms with Gasteiger partial charge in [0, 0.05) is 24.9 Å². The third-order valence-corrected chi connectivity index (χ3v) is 5.65. The van der Waals surface area contributed by atoms with Crippen molar-refractivity contribution in [2.75, 3.05) is 13.2 Å². The number of hydrogen-bond acceptors (Lipinski definition) is 5. The number of pyridine rings is 2. The molecule has 3 heterocycles. The summed E-state index contributed by atoms with van der Waals surface area (Å²) in [5.74, 6) is 0.584. The van der Waals surface area contributed by atoms with Crippen molar-refractivity contribution >= 4 is 23.4 Å². The van der Waals surface area contributed by atoms with Gasteiger partial charge in [-0.1, -0.05) is 6.07 Å². The molecule has 0 N–H and O–H groups in total. The summed E-state index contributed by atoms with van der Waals surface area (Å²) in [6, 6.07) is 16.3. The highest BCUT2D eigenvalue weighted by Crippen LogP contribution is 2.42. The molecular formula is C25H24ClN5O. The van der Waals surface area contributed by atoms with Gasteiger partial charge in [0.05, 0.1) is 52.7 Å². The van der Waals surface area contributed by atoms with Gasteiger partial charge >= 0.3 is 0 Å². The molecule has 3 aromatic heterocycles. The Morgan fingerprint density at radius 2 is 1.91 bits per heavy atom. The first kappa shape index (κ1) is 21.9. The molecule has 1 saturated carbocycles. The number of ether oxygens (including phenoxy) is 1. The van der Waals surface area contributed by atoms with E-state index in [2.05, 4.69) is 50.9 Å². The third kappa shape index (κ3) is 4.50. The number of hydrogen-bond donors (Lipinski definition) is 0. The molecule has 0 saturated heterocycles. The summed E-state index contributed by atoms with van der Waals surface area (Å²) < 4.78 is 7.59. The molecule has 0 unspecified atom stereocenters. The van der Waals surface area contributed by atoms with Crippen LogP contribution in [-0.4, -0.2) is 32.7 Å². The molecule has 1 aliphatic carbocycles. The number of rotatable bonds is 7. The van der Waals surface area contributed by atoms with Crippen LogP contribution in [0.4, 0.5) is 0 Å². The fraction of sp³-hybridized carbons (Fsp3) is 0.280. The molecule has 162 valence electrons. The minimum absolute atomic E-state index is 0. The fourth-order valence-electron chi connectivity index (χ4n) is 3.83. The number of fused-ring (bicyclic) bond motifs is 1. The van der Waals surface area contributed by atoms with E-state index in [4.69, 9.17) is 9.72 Å². The van der Waals surface area contributed by atoms with E-state index in [1.165, 1.54) is 18.4 Å². The summed E-state index contributed by atoms with van der Waals surface area (Å²) in [6.07, 6.45) is 5.94. The normalized spacial score (nSPS) is 13.0. The van der Waals surface area contributed by atoms with Gasteiger partial charge < -0.3 is 9.30 Å². The molecule has 0 aliphatic heterocycles. The molecule has 1 aromatic carbocycles. The SMILES string of the molecule is CCOCCn1cnc2cc(-c3cc(C4CC4)cc(-c4cc(C#N)ccn4)n3)ccc21.Cl. The zero-order valence-electron chi connectivity index (χ0n) is 17.9. The lowest BCUT2D eigenvalue weighted by atomic mass is 10.0. The number of imidazole rings is 1. The molecule has 6 nitrogen and oxygen atoms in total. The van der Waals surface area contributed by atoms with Gasteiger partial charge in [-0.2, -0.15) is 5.26 Å². The van der Waals surface area contributed by atoms with Gasteiger partial charge in [-0.15, -0.1) is 12.4 Å². The van der Waals surface area contributed by atoms with Gasteiger partial charge in [0.15, 0.2) is 0 Å². The topological polar surface area (TPSA) is 76.6 Å². The lowest BCUT2D eigenvalue weighted by Gasteiger charge is -2.10. The smallest absolute Gasteiger partial charge is 0.0992 e. The zero-order chi connectivity index (χ0) is 21.2. The van der Waals surface area contributed by atoms with Crippen LogP contribution in [0.5, 0.6) is 0 Å². The van der Waals surface area contributed by atoms with E-state index in [0.29, 0.717) is 24.7 Å². The number of halogens is 1. The summed E-state index contributed by atoms with van der Waals surface area (Å²) in [4.78, 5) is 14.0. The molecule has 0 bridgehead atoms. The highest BCUT2D eigenvalue weighted by molar-refractivity contribution is 5.85. The summed E-state index contributed by atoms with van der Waals surface area (Å²) in [5.41, 5.74) is 7.37. The number of benzene rings is 1. The maximum Gasteiger partial charge on any atom is 0.0992 e. The van der Waals surface area contributed by atoms with Crippen molar-refractivity contribution in [3.63, 3.8) is 0 Å². The maximum absolute atomic E-state index is 9.25. The molecule has 1 aliphatic rings. The van der Waals surface area contributed by atoms with Gasteiger partial charge in [0.1, 0.15) is 0 Å². The van der Waals surface area contributed by atoms with Crippen molar-refractivity contribution < 1.29 is 4.74 Å². The Balaban J connectivity index is 0.00000245. The molecule has 0 amide bonds.